The molecule has 1 fully saturated rings. The summed E-state index contributed by atoms with van der Waals surface area (Å²) in [7, 11) is 1.75. The maximum atomic E-state index is 11.9. The van der Waals surface area contributed by atoms with E-state index in [0.29, 0.717) is 23.6 Å². The second kappa shape index (κ2) is 3.98. The molecule has 0 unspecified atom stereocenters. The average molecular weight is 259 g/mol. The van der Waals surface area contributed by atoms with Gasteiger partial charge in [0, 0.05) is 25.4 Å². The Morgan fingerprint density at radius 2 is 2.16 bits per heavy atom. The fraction of sp³-hybridized carbons (Fsp3) is 0.250. The topological polar surface area (TPSA) is 93.2 Å². The smallest absolute Gasteiger partial charge is 0.329 e. The van der Waals surface area contributed by atoms with Crippen molar-refractivity contribution in [3.8, 4) is 0 Å². The molecule has 1 saturated heterocycles. The molecule has 0 radical (unpaired) electrons. The number of nitrogen functional groups attached to an aromatic ring is 1. The number of aromatic nitrogens is 2. The van der Waals surface area contributed by atoms with E-state index in [1.807, 2.05) is 12.1 Å². The number of hydrogen-bond acceptors (Lipinski definition) is 4. The molecule has 0 atom stereocenters. The van der Waals surface area contributed by atoms with Crippen LogP contribution in [0.5, 0.6) is 0 Å². The van der Waals surface area contributed by atoms with E-state index in [4.69, 9.17) is 5.73 Å². The average Bonchev–Trinajstić information content (AvgIpc) is 2.68. The lowest BCUT2D eigenvalue weighted by Gasteiger charge is -2.26. The molecule has 1 aliphatic heterocycles. The predicted molar refractivity (Wildman–Crippen MR) is 70.6 cm³/mol. The van der Waals surface area contributed by atoms with E-state index in [0.717, 1.165) is 5.39 Å². The fourth-order valence-corrected chi connectivity index (χ4v) is 2.31. The van der Waals surface area contributed by atoms with Gasteiger partial charge in [0.15, 0.2) is 0 Å². The minimum absolute atomic E-state index is 0.257. The highest BCUT2D eigenvalue weighted by atomic mass is 16.2. The molecule has 1 aromatic heterocycles. The van der Waals surface area contributed by atoms with Crippen LogP contribution in [-0.2, 0) is 11.8 Å². The minimum atomic E-state index is -0.427. The van der Waals surface area contributed by atoms with Crippen LogP contribution in [0, 0.1) is 0 Å². The van der Waals surface area contributed by atoms with E-state index in [2.05, 4.69) is 10.4 Å². The first-order chi connectivity index (χ1) is 9.08. The Balaban J connectivity index is 2.15. The third kappa shape index (κ3) is 1.70. The van der Waals surface area contributed by atoms with Gasteiger partial charge in [-0.2, -0.15) is 5.10 Å². The molecule has 3 amide bonds. The van der Waals surface area contributed by atoms with Crippen LogP contribution in [0.25, 0.3) is 10.9 Å². The van der Waals surface area contributed by atoms with Gasteiger partial charge >= 0.3 is 6.03 Å². The highest BCUT2D eigenvalue weighted by Gasteiger charge is 2.28. The molecule has 3 rings (SSSR count). The van der Waals surface area contributed by atoms with Gasteiger partial charge in [0.25, 0.3) is 0 Å². The number of fused-ring (bicyclic) bond motifs is 1. The van der Waals surface area contributed by atoms with Crippen molar-refractivity contribution in [2.75, 3.05) is 17.2 Å². The summed E-state index contributed by atoms with van der Waals surface area (Å²) >= 11 is 0. The standard InChI is InChI=1S/C12H13N5O2/c1-16-11(17-6-5-9(18)14-12(17)19)7-3-2-4-8(13)10(7)15-16/h2-4H,5-6,13H2,1H3,(H,14,18,19). The van der Waals surface area contributed by atoms with E-state index in [9.17, 15) is 9.59 Å². The van der Waals surface area contributed by atoms with Crippen molar-refractivity contribution in [2.45, 2.75) is 6.42 Å². The summed E-state index contributed by atoms with van der Waals surface area (Å²) in [6, 6.07) is 5.01. The van der Waals surface area contributed by atoms with Crippen molar-refractivity contribution < 1.29 is 9.59 Å². The maximum absolute atomic E-state index is 11.9. The minimum Gasteiger partial charge on any atom is -0.397 e. The van der Waals surface area contributed by atoms with Gasteiger partial charge in [0.2, 0.25) is 5.91 Å². The number of benzene rings is 1. The number of hydrogen-bond donors (Lipinski definition) is 2. The molecule has 3 N–H and O–H groups in total. The lowest BCUT2D eigenvalue weighted by atomic mass is 10.2. The number of carbonyl (C=O) groups excluding carboxylic acids is 2. The molecule has 0 saturated carbocycles. The Hall–Kier alpha value is -2.57. The molecule has 0 bridgehead atoms. The lowest BCUT2D eigenvalue weighted by molar-refractivity contribution is -0.120. The molecule has 19 heavy (non-hydrogen) atoms. The van der Waals surface area contributed by atoms with Crippen LogP contribution in [0.3, 0.4) is 0 Å². The van der Waals surface area contributed by atoms with Gasteiger partial charge in [0.1, 0.15) is 11.3 Å². The molecule has 2 aromatic rings. The number of urea groups is 1. The van der Waals surface area contributed by atoms with Crippen molar-refractivity contribution in [1.82, 2.24) is 15.1 Å². The predicted octanol–water partition coefficient (Wildman–Crippen LogP) is 0.602. The zero-order valence-electron chi connectivity index (χ0n) is 10.4. The van der Waals surface area contributed by atoms with E-state index in [-0.39, 0.29) is 12.3 Å². The molecule has 2 heterocycles. The van der Waals surface area contributed by atoms with Crippen LogP contribution in [-0.4, -0.2) is 28.3 Å². The summed E-state index contributed by atoms with van der Waals surface area (Å²) in [6.07, 6.45) is 0.279. The summed E-state index contributed by atoms with van der Waals surface area (Å²) in [4.78, 5) is 24.6. The molecule has 7 heteroatoms. The Bertz CT molecular complexity index is 691. The van der Waals surface area contributed by atoms with Gasteiger partial charge in [-0.3, -0.25) is 19.7 Å². The number of aryl methyl sites for hydroxylation is 1. The molecule has 1 aromatic carbocycles. The van der Waals surface area contributed by atoms with Crippen LogP contribution in [0.2, 0.25) is 0 Å². The summed E-state index contributed by atoms with van der Waals surface area (Å²) in [6.45, 7) is 0.341. The maximum Gasteiger partial charge on any atom is 0.329 e. The molecular weight excluding hydrogens is 246 g/mol. The molecular formula is C12H13N5O2. The van der Waals surface area contributed by atoms with Crippen LogP contribution in [0.1, 0.15) is 6.42 Å². The monoisotopic (exact) mass is 259 g/mol. The van der Waals surface area contributed by atoms with Gasteiger partial charge in [-0.1, -0.05) is 6.07 Å². The van der Waals surface area contributed by atoms with Crippen molar-refractivity contribution in [3.63, 3.8) is 0 Å². The summed E-state index contributed by atoms with van der Waals surface area (Å²) in [5.74, 6) is 0.388. The van der Waals surface area contributed by atoms with Gasteiger partial charge in [-0.05, 0) is 12.1 Å². The Labute approximate surface area is 109 Å². The first kappa shape index (κ1) is 11.5. The summed E-state index contributed by atoms with van der Waals surface area (Å²) in [5, 5.41) is 7.42. The van der Waals surface area contributed by atoms with E-state index in [1.54, 1.807) is 17.8 Å². The Kier molecular flexibility index (Phi) is 2.41. The first-order valence-corrected chi connectivity index (χ1v) is 5.90. The Morgan fingerprint density at radius 3 is 2.89 bits per heavy atom. The van der Waals surface area contributed by atoms with Crippen LogP contribution < -0.4 is 16.0 Å². The van der Waals surface area contributed by atoms with Gasteiger partial charge in [-0.25, -0.2) is 4.79 Å². The highest BCUT2D eigenvalue weighted by Crippen LogP contribution is 2.30. The van der Waals surface area contributed by atoms with E-state index < -0.39 is 6.03 Å². The third-order valence-electron chi connectivity index (χ3n) is 3.17. The van der Waals surface area contributed by atoms with E-state index in [1.165, 1.54) is 4.90 Å². The number of amides is 3. The number of imide groups is 1. The second-order valence-electron chi connectivity index (χ2n) is 4.45. The van der Waals surface area contributed by atoms with Crippen LogP contribution in [0.15, 0.2) is 18.2 Å². The zero-order chi connectivity index (χ0) is 13.6. The molecule has 7 nitrogen and oxygen atoms in total. The van der Waals surface area contributed by atoms with Gasteiger partial charge in [0.05, 0.1) is 5.69 Å². The second-order valence-corrected chi connectivity index (χ2v) is 4.45. The molecule has 1 aliphatic rings. The quantitative estimate of drug-likeness (QED) is 0.733. The van der Waals surface area contributed by atoms with Crippen molar-refractivity contribution in [3.05, 3.63) is 18.2 Å². The number of anilines is 2. The Morgan fingerprint density at radius 1 is 1.37 bits per heavy atom. The molecule has 0 aliphatic carbocycles. The largest absolute Gasteiger partial charge is 0.397 e. The van der Waals surface area contributed by atoms with Crippen LogP contribution >= 0.6 is 0 Å². The fourth-order valence-electron chi connectivity index (χ4n) is 2.31. The van der Waals surface area contributed by atoms with Crippen molar-refractivity contribution in [1.29, 1.82) is 0 Å². The van der Waals surface area contributed by atoms with Gasteiger partial charge < -0.3 is 5.73 Å². The number of nitrogens with two attached hydrogens (primary N) is 1. The number of rotatable bonds is 1. The number of nitrogens with one attached hydrogen (secondary N) is 1. The zero-order valence-corrected chi connectivity index (χ0v) is 10.4. The molecule has 98 valence electrons. The molecule has 0 spiro atoms. The lowest BCUT2D eigenvalue weighted by Crippen LogP contribution is -2.50. The number of carbonyl (C=O) groups is 2. The summed E-state index contributed by atoms with van der Waals surface area (Å²) < 4.78 is 1.61. The first-order valence-electron chi connectivity index (χ1n) is 5.90. The van der Waals surface area contributed by atoms with Crippen molar-refractivity contribution in [2.24, 2.45) is 7.05 Å². The normalized spacial score (nSPS) is 15.9. The highest BCUT2D eigenvalue weighted by molar-refractivity contribution is 6.10. The third-order valence-corrected chi connectivity index (χ3v) is 3.17. The SMILES string of the molecule is Cn1nc2c(N)cccc2c1N1CCC(=O)NC1=O. The van der Waals surface area contributed by atoms with Gasteiger partial charge in [-0.15, -0.1) is 0 Å². The van der Waals surface area contributed by atoms with E-state index >= 15 is 0 Å². The summed E-state index contributed by atoms with van der Waals surface area (Å²) in [5.41, 5.74) is 7.10. The number of nitrogens with zero attached hydrogens (tertiary/aromatic N) is 3. The van der Waals surface area contributed by atoms with Crippen molar-refractivity contribution >= 4 is 34.3 Å². The van der Waals surface area contributed by atoms with Crippen LogP contribution in [0.4, 0.5) is 16.3 Å².